The van der Waals surface area contributed by atoms with Crippen molar-refractivity contribution in [3.8, 4) is 0 Å². The van der Waals surface area contributed by atoms with E-state index in [0.717, 1.165) is 18.4 Å². The first-order valence-corrected chi connectivity index (χ1v) is 8.73. The number of amides is 1. The van der Waals surface area contributed by atoms with Crippen LogP contribution < -0.4 is 0 Å². The summed E-state index contributed by atoms with van der Waals surface area (Å²) in [4.78, 5) is 29.1. The summed E-state index contributed by atoms with van der Waals surface area (Å²) in [6.07, 6.45) is 3.06. The average molecular weight is 330 g/mol. The van der Waals surface area contributed by atoms with Gasteiger partial charge in [-0.1, -0.05) is 12.1 Å². The Hall–Kier alpha value is -1.72. The zero-order chi connectivity index (χ0) is 17.3. The molecule has 1 aromatic carbocycles. The summed E-state index contributed by atoms with van der Waals surface area (Å²) in [5, 5.41) is 9.60. The summed E-state index contributed by atoms with van der Waals surface area (Å²) in [7, 11) is 4.07. The lowest BCUT2D eigenvalue weighted by atomic mass is 10.0. The van der Waals surface area contributed by atoms with Crippen LogP contribution in [-0.2, 0) is 6.42 Å². The van der Waals surface area contributed by atoms with Crippen molar-refractivity contribution in [1.82, 2.24) is 9.80 Å². The molecule has 5 heteroatoms. The van der Waals surface area contributed by atoms with Gasteiger partial charge < -0.3 is 14.9 Å². The van der Waals surface area contributed by atoms with Gasteiger partial charge in [-0.2, -0.15) is 0 Å². The molecule has 130 valence electrons. The standard InChI is InChI=1S/C19H26N2O3/c1-20(2)14-7-6-13(12-22)10-21(11-14)19(24)17-5-3-4-16-15(17)8-9-18(16)23/h3-5,13-14,22H,6-12H2,1-2H3/t13-,14+/m0/s1. The number of likely N-dealkylation sites (N-methyl/N-ethyl adjacent to an activating group) is 1. The van der Waals surface area contributed by atoms with Gasteiger partial charge in [0.05, 0.1) is 0 Å². The summed E-state index contributed by atoms with van der Waals surface area (Å²) in [6, 6.07) is 5.76. The Morgan fingerprint density at radius 1 is 1.25 bits per heavy atom. The predicted octanol–water partition coefficient (Wildman–Crippen LogP) is 1.59. The number of aliphatic hydroxyl groups is 1. The normalized spacial score (nSPS) is 24.2. The third-order valence-corrected chi connectivity index (χ3v) is 5.40. The Morgan fingerprint density at radius 3 is 2.75 bits per heavy atom. The van der Waals surface area contributed by atoms with Gasteiger partial charge in [-0.25, -0.2) is 0 Å². The van der Waals surface area contributed by atoms with E-state index in [1.54, 1.807) is 6.07 Å². The molecular weight excluding hydrogens is 304 g/mol. The van der Waals surface area contributed by atoms with Crippen LogP contribution in [0.2, 0.25) is 0 Å². The van der Waals surface area contributed by atoms with E-state index in [0.29, 0.717) is 43.1 Å². The monoisotopic (exact) mass is 330 g/mol. The van der Waals surface area contributed by atoms with Gasteiger partial charge >= 0.3 is 0 Å². The first-order valence-electron chi connectivity index (χ1n) is 8.73. The maximum Gasteiger partial charge on any atom is 0.254 e. The number of carbonyl (C=O) groups is 2. The quantitative estimate of drug-likeness (QED) is 0.914. The van der Waals surface area contributed by atoms with Gasteiger partial charge in [0.2, 0.25) is 0 Å². The lowest BCUT2D eigenvalue weighted by Gasteiger charge is -2.29. The first-order chi connectivity index (χ1) is 11.5. The SMILES string of the molecule is CN(C)[C@@H]1CC[C@H](CO)CN(C(=O)c2cccc3c2CCC3=O)C1. The van der Waals surface area contributed by atoms with Gasteiger partial charge in [-0.15, -0.1) is 0 Å². The van der Waals surface area contributed by atoms with Crippen LogP contribution in [0.25, 0.3) is 0 Å². The largest absolute Gasteiger partial charge is 0.396 e. The highest BCUT2D eigenvalue weighted by Crippen LogP contribution is 2.28. The highest BCUT2D eigenvalue weighted by Gasteiger charge is 2.31. The molecule has 0 saturated carbocycles. The number of ketones is 1. The van der Waals surface area contributed by atoms with Crippen LogP contribution in [0.5, 0.6) is 0 Å². The van der Waals surface area contributed by atoms with Crippen molar-refractivity contribution in [3.05, 3.63) is 34.9 Å². The van der Waals surface area contributed by atoms with Crippen LogP contribution in [0.15, 0.2) is 18.2 Å². The second-order valence-electron chi connectivity index (χ2n) is 7.21. The van der Waals surface area contributed by atoms with E-state index in [9.17, 15) is 14.7 Å². The lowest BCUT2D eigenvalue weighted by molar-refractivity contribution is 0.0688. The molecule has 0 bridgehead atoms. The van der Waals surface area contributed by atoms with Crippen molar-refractivity contribution >= 4 is 11.7 Å². The van der Waals surface area contributed by atoms with Gasteiger partial charge in [0, 0.05) is 43.3 Å². The molecule has 0 spiro atoms. The topological polar surface area (TPSA) is 60.9 Å². The summed E-state index contributed by atoms with van der Waals surface area (Å²) in [6.45, 7) is 1.35. The van der Waals surface area contributed by atoms with Gasteiger partial charge in [0.25, 0.3) is 5.91 Å². The molecule has 0 aromatic heterocycles. The Labute approximate surface area is 143 Å². The number of benzene rings is 1. The number of rotatable bonds is 3. The van der Waals surface area contributed by atoms with E-state index in [2.05, 4.69) is 4.90 Å². The van der Waals surface area contributed by atoms with Gasteiger partial charge in [0.15, 0.2) is 5.78 Å². The van der Waals surface area contributed by atoms with Crippen LogP contribution in [0.4, 0.5) is 0 Å². The fraction of sp³-hybridized carbons (Fsp3) is 0.579. The highest BCUT2D eigenvalue weighted by atomic mass is 16.3. The number of hydrogen-bond acceptors (Lipinski definition) is 4. The van der Waals surface area contributed by atoms with Crippen molar-refractivity contribution in [2.45, 2.75) is 31.7 Å². The van der Waals surface area contributed by atoms with Gasteiger partial charge in [-0.3, -0.25) is 9.59 Å². The number of carbonyl (C=O) groups excluding carboxylic acids is 2. The highest BCUT2D eigenvalue weighted by molar-refractivity contribution is 6.05. The van der Waals surface area contributed by atoms with E-state index in [1.807, 2.05) is 31.1 Å². The molecule has 1 aliphatic carbocycles. The fourth-order valence-electron chi connectivity index (χ4n) is 3.85. The molecule has 1 N–H and O–H groups in total. The van der Waals surface area contributed by atoms with Crippen molar-refractivity contribution in [1.29, 1.82) is 0 Å². The van der Waals surface area contributed by atoms with E-state index >= 15 is 0 Å². The molecular formula is C19H26N2O3. The zero-order valence-electron chi connectivity index (χ0n) is 14.5. The van der Waals surface area contributed by atoms with E-state index in [4.69, 9.17) is 0 Å². The van der Waals surface area contributed by atoms with Crippen molar-refractivity contribution in [2.75, 3.05) is 33.8 Å². The molecule has 1 saturated heterocycles. The molecule has 1 fully saturated rings. The van der Waals surface area contributed by atoms with Crippen LogP contribution in [0.3, 0.4) is 0 Å². The van der Waals surface area contributed by atoms with Crippen LogP contribution >= 0.6 is 0 Å². The van der Waals surface area contributed by atoms with Crippen molar-refractivity contribution in [3.63, 3.8) is 0 Å². The molecule has 1 aliphatic heterocycles. The van der Waals surface area contributed by atoms with Crippen LogP contribution in [-0.4, -0.2) is 66.4 Å². The predicted molar refractivity (Wildman–Crippen MR) is 92.3 cm³/mol. The minimum Gasteiger partial charge on any atom is -0.396 e. The molecule has 24 heavy (non-hydrogen) atoms. The second-order valence-corrected chi connectivity index (χ2v) is 7.21. The van der Waals surface area contributed by atoms with Gasteiger partial charge in [0.1, 0.15) is 0 Å². The van der Waals surface area contributed by atoms with Crippen LogP contribution in [0, 0.1) is 5.92 Å². The molecule has 1 heterocycles. The molecule has 0 unspecified atom stereocenters. The number of fused-ring (bicyclic) bond motifs is 1. The summed E-state index contributed by atoms with van der Waals surface area (Å²) in [5.74, 6) is 0.251. The molecule has 1 amide bonds. The minimum absolute atomic E-state index is 0.00579. The molecule has 0 radical (unpaired) electrons. The Morgan fingerprint density at radius 2 is 2.04 bits per heavy atom. The second kappa shape index (κ2) is 7.03. The lowest BCUT2D eigenvalue weighted by Crippen LogP contribution is -2.43. The molecule has 2 atom stereocenters. The number of aliphatic hydroxyl groups excluding tert-OH is 1. The van der Waals surface area contributed by atoms with E-state index in [1.165, 1.54) is 0 Å². The summed E-state index contributed by atoms with van der Waals surface area (Å²) in [5.41, 5.74) is 2.27. The maximum absolute atomic E-state index is 13.2. The van der Waals surface area contributed by atoms with E-state index in [-0.39, 0.29) is 24.2 Å². The Kier molecular flexibility index (Phi) is 5.01. The number of likely N-dealkylation sites (tertiary alicyclic amines) is 1. The Bertz CT molecular complexity index is 641. The number of nitrogens with zero attached hydrogens (tertiary/aromatic N) is 2. The fourth-order valence-corrected chi connectivity index (χ4v) is 3.85. The average Bonchev–Trinajstić information content (AvgIpc) is 2.83. The minimum atomic E-state index is -0.00579. The first kappa shape index (κ1) is 17.1. The molecule has 1 aromatic rings. The number of hydrogen-bond donors (Lipinski definition) is 1. The van der Waals surface area contributed by atoms with E-state index < -0.39 is 0 Å². The Balaban J connectivity index is 1.89. The maximum atomic E-state index is 13.2. The molecule has 5 nitrogen and oxygen atoms in total. The third-order valence-electron chi connectivity index (χ3n) is 5.40. The molecule has 2 aliphatic rings. The van der Waals surface area contributed by atoms with Crippen LogP contribution in [0.1, 0.15) is 45.5 Å². The zero-order valence-corrected chi connectivity index (χ0v) is 14.5. The molecule has 3 rings (SSSR count). The third kappa shape index (κ3) is 3.23. The van der Waals surface area contributed by atoms with Gasteiger partial charge in [-0.05, 0) is 50.9 Å². The number of Topliss-reactive ketones (excluding diaryl/α,β-unsaturated/α-hetero) is 1. The summed E-state index contributed by atoms with van der Waals surface area (Å²) >= 11 is 0. The smallest absolute Gasteiger partial charge is 0.254 e. The summed E-state index contributed by atoms with van der Waals surface area (Å²) < 4.78 is 0. The van der Waals surface area contributed by atoms with Crippen molar-refractivity contribution < 1.29 is 14.7 Å². The van der Waals surface area contributed by atoms with Crippen molar-refractivity contribution in [2.24, 2.45) is 5.92 Å².